The Labute approximate surface area is 97.2 Å². The van der Waals surface area contributed by atoms with Gasteiger partial charge in [0.2, 0.25) is 0 Å². The molecular formula is C12H11FN2S. The van der Waals surface area contributed by atoms with Gasteiger partial charge in [-0.15, -0.1) is 11.3 Å². The third kappa shape index (κ3) is 1.64. The van der Waals surface area contributed by atoms with E-state index in [1.54, 1.807) is 23.5 Å². The molecule has 0 fully saturated rings. The van der Waals surface area contributed by atoms with Gasteiger partial charge < -0.3 is 5.32 Å². The highest BCUT2D eigenvalue weighted by molar-refractivity contribution is 7.15. The Bertz CT molecular complexity index is 498. The van der Waals surface area contributed by atoms with E-state index in [0.29, 0.717) is 5.56 Å². The molecule has 0 bridgehead atoms. The number of hydrogen-bond donors (Lipinski definition) is 1. The van der Waals surface area contributed by atoms with Gasteiger partial charge in [-0.05, 0) is 12.1 Å². The molecule has 0 amide bonds. The summed E-state index contributed by atoms with van der Waals surface area (Å²) < 4.78 is 13.6. The first kappa shape index (κ1) is 9.93. The summed E-state index contributed by atoms with van der Waals surface area (Å²) in [5, 5.41) is 4.09. The van der Waals surface area contributed by atoms with Gasteiger partial charge in [-0.3, -0.25) is 0 Å². The highest BCUT2D eigenvalue weighted by atomic mass is 32.1. The van der Waals surface area contributed by atoms with E-state index in [9.17, 15) is 4.39 Å². The predicted octanol–water partition coefficient (Wildman–Crippen LogP) is 2.59. The molecule has 1 aromatic carbocycles. The van der Waals surface area contributed by atoms with Crippen LogP contribution in [0.25, 0.3) is 10.6 Å². The molecule has 1 aliphatic rings. The maximum atomic E-state index is 13.6. The van der Waals surface area contributed by atoms with Crippen molar-refractivity contribution in [3.8, 4) is 10.6 Å². The zero-order valence-electron chi connectivity index (χ0n) is 8.66. The van der Waals surface area contributed by atoms with Gasteiger partial charge in [0.25, 0.3) is 0 Å². The van der Waals surface area contributed by atoms with E-state index in [1.165, 1.54) is 10.9 Å². The molecule has 16 heavy (non-hydrogen) atoms. The quantitative estimate of drug-likeness (QED) is 0.820. The Kier molecular flexibility index (Phi) is 2.46. The van der Waals surface area contributed by atoms with E-state index in [1.807, 2.05) is 6.07 Å². The molecule has 4 heteroatoms. The summed E-state index contributed by atoms with van der Waals surface area (Å²) in [4.78, 5) is 5.76. The summed E-state index contributed by atoms with van der Waals surface area (Å²) in [6, 6.07) is 6.81. The average molecular weight is 234 g/mol. The molecule has 82 valence electrons. The molecule has 0 unspecified atom stereocenters. The lowest BCUT2D eigenvalue weighted by Crippen LogP contribution is -2.22. The number of hydrogen-bond acceptors (Lipinski definition) is 3. The first-order chi connectivity index (χ1) is 7.84. The molecule has 1 aromatic heterocycles. The van der Waals surface area contributed by atoms with E-state index in [2.05, 4.69) is 10.3 Å². The van der Waals surface area contributed by atoms with Gasteiger partial charge in [0.15, 0.2) is 0 Å². The van der Waals surface area contributed by atoms with Crippen molar-refractivity contribution >= 4 is 11.3 Å². The molecular weight excluding hydrogens is 223 g/mol. The van der Waals surface area contributed by atoms with Gasteiger partial charge in [-0.2, -0.15) is 0 Å². The predicted molar refractivity (Wildman–Crippen MR) is 62.9 cm³/mol. The second kappa shape index (κ2) is 3.96. The summed E-state index contributed by atoms with van der Waals surface area (Å²) >= 11 is 1.59. The molecule has 0 saturated heterocycles. The van der Waals surface area contributed by atoms with Crippen molar-refractivity contribution in [1.82, 2.24) is 10.3 Å². The van der Waals surface area contributed by atoms with E-state index in [-0.39, 0.29) is 5.82 Å². The number of nitrogens with zero attached hydrogens (tertiary/aromatic N) is 1. The van der Waals surface area contributed by atoms with Crippen molar-refractivity contribution in [2.24, 2.45) is 0 Å². The third-order valence-electron chi connectivity index (χ3n) is 2.71. The Balaban J connectivity index is 2.07. The first-order valence-corrected chi connectivity index (χ1v) is 6.10. The van der Waals surface area contributed by atoms with Crippen LogP contribution < -0.4 is 5.32 Å². The van der Waals surface area contributed by atoms with Gasteiger partial charge in [-0.25, -0.2) is 9.37 Å². The molecule has 1 aliphatic heterocycles. The van der Waals surface area contributed by atoms with Crippen molar-refractivity contribution in [3.05, 3.63) is 40.7 Å². The highest BCUT2D eigenvalue weighted by Crippen LogP contribution is 2.30. The van der Waals surface area contributed by atoms with Gasteiger partial charge in [-0.1, -0.05) is 12.1 Å². The second-order valence-corrected chi connectivity index (χ2v) is 4.88. The van der Waals surface area contributed by atoms with Crippen LogP contribution in [0, 0.1) is 5.82 Å². The molecule has 0 radical (unpaired) electrons. The smallest absolute Gasteiger partial charge is 0.133 e. The van der Waals surface area contributed by atoms with E-state index in [0.717, 1.165) is 30.2 Å². The largest absolute Gasteiger partial charge is 0.311 e. The molecule has 2 nitrogen and oxygen atoms in total. The summed E-state index contributed by atoms with van der Waals surface area (Å²) in [6.45, 7) is 1.83. The molecule has 0 spiro atoms. The van der Waals surface area contributed by atoms with Crippen molar-refractivity contribution in [3.63, 3.8) is 0 Å². The topological polar surface area (TPSA) is 24.9 Å². The molecule has 0 saturated carbocycles. The van der Waals surface area contributed by atoms with Crippen molar-refractivity contribution in [2.75, 3.05) is 6.54 Å². The fourth-order valence-electron chi connectivity index (χ4n) is 1.88. The van der Waals surface area contributed by atoms with Crippen LogP contribution in [0.4, 0.5) is 4.39 Å². The van der Waals surface area contributed by atoms with Crippen molar-refractivity contribution < 1.29 is 4.39 Å². The summed E-state index contributed by atoms with van der Waals surface area (Å²) in [7, 11) is 0. The number of thiazole rings is 1. The van der Waals surface area contributed by atoms with Crippen molar-refractivity contribution in [2.45, 2.75) is 13.0 Å². The van der Waals surface area contributed by atoms with Gasteiger partial charge in [0, 0.05) is 30.0 Å². The van der Waals surface area contributed by atoms with Crippen molar-refractivity contribution in [1.29, 1.82) is 0 Å². The van der Waals surface area contributed by atoms with Crippen LogP contribution in [0.1, 0.15) is 10.6 Å². The lowest BCUT2D eigenvalue weighted by atomic mass is 10.2. The van der Waals surface area contributed by atoms with Gasteiger partial charge in [0.1, 0.15) is 10.8 Å². The Morgan fingerprint density at radius 3 is 3.00 bits per heavy atom. The van der Waals surface area contributed by atoms with E-state index < -0.39 is 0 Å². The van der Waals surface area contributed by atoms with Crippen LogP contribution in [0.15, 0.2) is 24.3 Å². The first-order valence-electron chi connectivity index (χ1n) is 5.29. The number of benzene rings is 1. The van der Waals surface area contributed by atoms with Crippen LogP contribution in [-0.4, -0.2) is 11.5 Å². The number of aromatic nitrogens is 1. The summed E-state index contributed by atoms with van der Waals surface area (Å²) in [5.74, 6) is -0.193. The summed E-state index contributed by atoms with van der Waals surface area (Å²) in [6.07, 6.45) is 0.945. The number of halogens is 1. The van der Waals surface area contributed by atoms with Gasteiger partial charge >= 0.3 is 0 Å². The van der Waals surface area contributed by atoms with Crippen LogP contribution in [0.5, 0.6) is 0 Å². The molecule has 2 aromatic rings. The minimum Gasteiger partial charge on any atom is -0.311 e. The second-order valence-electron chi connectivity index (χ2n) is 3.80. The third-order valence-corrected chi connectivity index (χ3v) is 3.84. The minimum atomic E-state index is -0.193. The number of fused-ring (bicyclic) bond motifs is 1. The maximum Gasteiger partial charge on any atom is 0.133 e. The molecule has 0 atom stereocenters. The number of rotatable bonds is 1. The Morgan fingerprint density at radius 1 is 1.31 bits per heavy atom. The monoisotopic (exact) mass is 234 g/mol. The summed E-state index contributed by atoms with van der Waals surface area (Å²) in [5.41, 5.74) is 1.74. The van der Waals surface area contributed by atoms with E-state index >= 15 is 0 Å². The van der Waals surface area contributed by atoms with Crippen LogP contribution in [-0.2, 0) is 13.0 Å². The molecule has 2 heterocycles. The standard InChI is InChI=1S/C12H11FN2S/c13-9-4-2-1-3-8(9)12-15-10-5-6-14-7-11(10)16-12/h1-4,14H,5-7H2. The SMILES string of the molecule is Fc1ccccc1-c1nc2c(s1)CNCC2. The number of nitrogens with one attached hydrogen (secondary N) is 1. The maximum absolute atomic E-state index is 13.6. The average Bonchev–Trinajstić information content (AvgIpc) is 2.73. The lowest BCUT2D eigenvalue weighted by Gasteiger charge is -2.09. The molecule has 0 aliphatic carbocycles. The van der Waals surface area contributed by atoms with Crippen LogP contribution in [0.3, 0.4) is 0 Å². The Morgan fingerprint density at radius 2 is 2.19 bits per heavy atom. The normalized spacial score (nSPS) is 14.8. The Hall–Kier alpha value is -1.26. The van der Waals surface area contributed by atoms with Gasteiger partial charge in [0.05, 0.1) is 5.69 Å². The zero-order chi connectivity index (χ0) is 11.0. The van der Waals surface area contributed by atoms with Crippen LogP contribution in [0.2, 0.25) is 0 Å². The fourth-order valence-corrected chi connectivity index (χ4v) is 2.98. The van der Waals surface area contributed by atoms with Crippen LogP contribution >= 0.6 is 11.3 Å². The van der Waals surface area contributed by atoms with E-state index in [4.69, 9.17) is 0 Å². The lowest BCUT2D eigenvalue weighted by molar-refractivity contribution is 0.630. The molecule has 1 N–H and O–H groups in total. The highest BCUT2D eigenvalue weighted by Gasteiger charge is 2.16. The minimum absolute atomic E-state index is 0.193. The molecule has 3 rings (SSSR count). The fraction of sp³-hybridized carbons (Fsp3) is 0.250. The zero-order valence-corrected chi connectivity index (χ0v) is 9.48.